The molecule has 0 bridgehead atoms. The molecule has 106 valence electrons. The van der Waals surface area contributed by atoms with Gasteiger partial charge in [-0.15, -0.1) is 11.3 Å². The molecule has 0 spiro atoms. The molecule has 1 aromatic carbocycles. The van der Waals surface area contributed by atoms with Crippen molar-refractivity contribution < 1.29 is 13.6 Å². The summed E-state index contributed by atoms with van der Waals surface area (Å²) in [5.74, 6) is -3.28. The summed E-state index contributed by atoms with van der Waals surface area (Å²) in [6, 6.07) is 6.29. The van der Waals surface area contributed by atoms with Gasteiger partial charge in [-0.25, -0.2) is 14.4 Å². The largest absolute Gasteiger partial charge is 0.322 e. The zero-order chi connectivity index (χ0) is 15.0. The normalized spacial score (nSPS) is 10.8. The fraction of sp³-hybridized carbons (Fsp3) is 0.0714. The number of hydrogen-bond donors (Lipinski definition) is 1. The molecule has 0 saturated heterocycles. The lowest BCUT2D eigenvalue weighted by Crippen LogP contribution is -2.15. The minimum atomic E-state index is -1.30. The first kappa shape index (κ1) is 13.6. The molecule has 0 aliphatic carbocycles. The first-order valence-electron chi connectivity index (χ1n) is 6.03. The second-order valence-corrected chi connectivity index (χ2v) is 5.57. The van der Waals surface area contributed by atoms with Gasteiger partial charge >= 0.3 is 0 Å². The van der Waals surface area contributed by atoms with Crippen molar-refractivity contribution >= 4 is 33.1 Å². The van der Waals surface area contributed by atoms with Gasteiger partial charge in [0.1, 0.15) is 0 Å². The van der Waals surface area contributed by atoms with Crippen molar-refractivity contribution in [2.45, 2.75) is 6.92 Å². The van der Waals surface area contributed by atoms with Crippen LogP contribution < -0.4 is 5.32 Å². The zero-order valence-corrected chi connectivity index (χ0v) is 11.7. The van der Waals surface area contributed by atoms with Crippen LogP contribution in [0.15, 0.2) is 30.5 Å². The summed E-state index contributed by atoms with van der Waals surface area (Å²) >= 11 is 1.49. The standard InChI is InChI=1S/C14H9F2N3OS/c1-7-18-10-3-2-8(6-11(10)21-7)19-14(20)9-4-5-17-13(16)12(9)15/h2-6H,1H3,(H,19,20). The highest BCUT2D eigenvalue weighted by atomic mass is 32.1. The maximum atomic E-state index is 13.5. The van der Waals surface area contributed by atoms with E-state index in [1.807, 2.05) is 6.92 Å². The lowest BCUT2D eigenvalue weighted by atomic mass is 10.2. The third-order valence-electron chi connectivity index (χ3n) is 2.84. The monoisotopic (exact) mass is 305 g/mol. The van der Waals surface area contributed by atoms with Crippen molar-refractivity contribution in [3.63, 3.8) is 0 Å². The Kier molecular flexibility index (Phi) is 3.34. The Morgan fingerprint density at radius 1 is 1.29 bits per heavy atom. The Morgan fingerprint density at radius 2 is 2.10 bits per heavy atom. The fourth-order valence-electron chi connectivity index (χ4n) is 1.91. The molecule has 0 saturated carbocycles. The fourth-order valence-corrected chi connectivity index (χ4v) is 2.78. The molecule has 21 heavy (non-hydrogen) atoms. The molecule has 3 rings (SSSR count). The number of rotatable bonds is 2. The smallest absolute Gasteiger partial charge is 0.258 e. The number of hydrogen-bond acceptors (Lipinski definition) is 4. The van der Waals surface area contributed by atoms with E-state index in [0.717, 1.165) is 27.5 Å². The number of aryl methyl sites for hydroxylation is 1. The molecule has 2 heterocycles. The van der Waals surface area contributed by atoms with Crippen molar-refractivity contribution in [1.29, 1.82) is 0 Å². The average molecular weight is 305 g/mol. The van der Waals surface area contributed by atoms with Crippen LogP contribution in [-0.4, -0.2) is 15.9 Å². The van der Waals surface area contributed by atoms with Gasteiger partial charge < -0.3 is 5.32 Å². The number of anilines is 1. The molecule has 3 aromatic rings. The Labute approximate surface area is 122 Å². The van der Waals surface area contributed by atoms with Crippen LogP contribution in [0.5, 0.6) is 0 Å². The van der Waals surface area contributed by atoms with Gasteiger partial charge in [-0.2, -0.15) is 4.39 Å². The molecular formula is C14H9F2N3OS. The molecule has 4 nitrogen and oxygen atoms in total. The molecule has 7 heteroatoms. The third kappa shape index (κ3) is 2.59. The number of nitrogens with one attached hydrogen (secondary N) is 1. The van der Waals surface area contributed by atoms with E-state index in [1.54, 1.807) is 18.2 Å². The lowest BCUT2D eigenvalue weighted by Gasteiger charge is -2.06. The number of thiazole rings is 1. The van der Waals surface area contributed by atoms with Gasteiger partial charge in [-0.05, 0) is 31.2 Å². The number of nitrogens with zero attached hydrogens (tertiary/aromatic N) is 2. The van der Waals surface area contributed by atoms with Crippen molar-refractivity contribution in [3.8, 4) is 0 Å². The Bertz CT molecular complexity index is 847. The first-order valence-corrected chi connectivity index (χ1v) is 6.85. The Balaban J connectivity index is 1.90. The molecule has 0 fully saturated rings. The van der Waals surface area contributed by atoms with Crippen LogP contribution in [0.1, 0.15) is 15.4 Å². The summed E-state index contributed by atoms with van der Waals surface area (Å²) in [7, 11) is 0. The number of carbonyl (C=O) groups excluding carboxylic acids is 1. The van der Waals surface area contributed by atoms with Crippen molar-refractivity contribution in [2.75, 3.05) is 5.32 Å². The number of halogens is 2. The van der Waals surface area contributed by atoms with Crippen LogP contribution in [0.3, 0.4) is 0 Å². The lowest BCUT2D eigenvalue weighted by molar-refractivity contribution is 0.102. The van der Waals surface area contributed by atoms with Crippen LogP contribution >= 0.6 is 11.3 Å². The summed E-state index contributed by atoms with van der Waals surface area (Å²) < 4.78 is 27.4. The van der Waals surface area contributed by atoms with Crippen LogP contribution in [0.4, 0.5) is 14.5 Å². The minimum absolute atomic E-state index is 0.386. The quantitative estimate of drug-likeness (QED) is 0.737. The van der Waals surface area contributed by atoms with Crippen LogP contribution in [0.25, 0.3) is 10.2 Å². The predicted molar refractivity (Wildman–Crippen MR) is 76.5 cm³/mol. The van der Waals surface area contributed by atoms with Gasteiger partial charge in [0.15, 0.2) is 5.82 Å². The number of amides is 1. The zero-order valence-electron chi connectivity index (χ0n) is 10.9. The van der Waals surface area contributed by atoms with Crippen molar-refractivity contribution in [1.82, 2.24) is 9.97 Å². The highest BCUT2D eigenvalue weighted by molar-refractivity contribution is 7.18. The summed E-state index contributed by atoms with van der Waals surface area (Å²) in [4.78, 5) is 19.4. The first-order chi connectivity index (χ1) is 10.0. The number of fused-ring (bicyclic) bond motifs is 1. The van der Waals surface area contributed by atoms with E-state index in [0.29, 0.717) is 5.69 Å². The summed E-state index contributed by atoms with van der Waals surface area (Å²) in [5, 5.41) is 3.45. The minimum Gasteiger partial charge on any atom is -0.322 e. The van der Waals surface area contributed by atoms with Crippen molar-refractivity contribution in [2.24, 2.45) is 0 Å². The van der Waals surface area contributed by atoms with E-state index in [1.165, 1.54) is 11.3 Å². The van der Waals surface area contributed by atoms with Gasteiger partial charge in [0, 0.05) is 11.9 Å². The highest BCUT2D eigenvalue weighted by Gasteiger charge is 2.16. The molecule has 1 N–H and O–H groups in total. The summed E-state index contributed by atoms with van der Waals surface area (Å²) in [6.45, 7) is 1.89. The number of benzene rings is 1. The van der Waals surface area contributed by atoms with Gasteiger partial charge in [0.05, 0.1) is 20.8 Å². The van der Waals surface area contributed by atoms with Gasteiger partial charge in [-0.1, -0.05) is 0 Å². The predicted octanol–water partition coefficient (Wildman–Crippen LogP) is 3.53. The van der Waals surface area contributed by atoms with E-state index < -0.39 is 17.7 Å². The Hall–Kier alpha value is -2.41. The second-order valence-electron chi connectivity index (χ2n) is 4.33. The van der Waals surface area contributed by atoms with Crippen LogP contribution in [0, 0.1) is 18.7 Å². The molecule has 0 unspecified atom stereocenters. The molecule has 2 aromatic heterocycles. The van der Waals surface area contributed by atoms with Gasteiger partial charge in [0.25, 0.3) is 5.91 Å². The van der Waals surface area contributed by atoms with E-state index in [2.05, 4.69) is 15.3 Å². The van der Waals surface area contributed by atoms with Crippen LogP contribution in [-0.2, 0) is 0 Å². The summed E-state index contributed by atoms with van der Waals surface area (Å²) in [5.41, 5.74) is 0.937. The molecule has 1 amide bonds. The molecule has 0 radical (unpaired) electrons. The maximum Gasteiger partial charge on any atom is 0.258 e. The molecule has 0 aliphatic rings. The number of carbonyl (C=O) groups is 1. The average Bonchev–Trinajstić information content (AvgIpc) is 2.81. The maximum absolute atomic E-state index is 13.5. The van der Waals surface area contributed by atoms with E-state index in [-0.39, 0.29) is 5.56 Å². The van der Waals surface area contributed by atoms with E-state index >= 15 is 0 Å². The molecular weight excluding hydrogens is 296 g/mol. The van der Waals surface area contributed by atoms with E-state index in [9.17, 15) is 13.6 Å². The van der Waals surface area contributed by atoms with Gasteiger partial charge in [-0.3, -0.25) is 4.79 Å². The molecule has 0 aliphatic heterocycles. The SMILES string of the molecule is Cc1nc2ccc(NC(=O)c3ccnc(F)c3F)cc2s1. The summed E-state index contributed by atoms with van der Waals surface area (Å²) in [6.07, 6.45) is 1.04. The number of pyridine rings is 1. The topological polar surface area (TPSA) is 54.9 Å². The highest BCUT2D eigenvalue weighted by Crippen LogP contribution is 2.25. The Morgan fingerprint density at radius 3 is 2.90 bits per heavy atom. The van der Waals surface area contributed by atoms with Crippen LogP contribution in [0.2, 0.25) is 0 Å². The second kappa shape index (κ2) is 5.17. The molecule has 0 atom stereocenters. The number of aromatic nitrogens is 2. The van der Waals surface area contributed by atoms with Gasteiger partial charge in [0.2, 0.25) is 5.95 Å². The van der Waals surface area contributed by atoms with E-state index in [4.69, 9.17) is 0 Å². The third-order valence-corrected chi connectivity index (χ3v) is 3.78. The van der Waals surface area contributed by atoms with Crippen molar-refractivity contribution in [3.05, 3.63) is 52.8 Å².